The molecule has 0 aliphatic carbocycles. The van der Waals surface area contributed by atoms with Gasteiger partial charge in [-0.15, -0.1) is 11.3 Å². The van der Waals surface area contributed by atoms with E-state index >= 15 is 0 Å². The smallest absolute Gasteiger partial charge is 0.0331 e. The quantitative estimate of drug-likeness (QED) is 0.894. The van der Waals surface area contributed by atoms with Crippen LogP contribution in [0.5, 0.6) is 0 Å². The number of hydrogen-bond donors (Lipinski definition) is 1. The number of halogens is 1. The molecule has 1 aliphatic rings. The standard InChI is InChI=1S/C13H21BrN2S/c1-2-15-8-12-5-3-4-6-16(12)9-13-7-11(14)10-17-13/h7,10,12,15H,2-6,8-9H2,1H3. The summed E-state index contributed by atoms with van der Waals surface area (Å²) in [5, 5.41) is 5.67. The van der Waals surface area contributed by atoms with Gasteiger partial charge in [0.25, 0.3) is 0 Å². The first-order valence-electron chi connectivity index (χ1n) is 6.47. The van der Waals surface area contributed by atoms with Crippen LogP contribution < -0.4 is 5.32 Å². The van der Waals surface area contributed by atoms with Crippen molar-refractivity contribution >= 4 is 27.3 Å². The second kappa shape index (κ2) is 6.88. The fourth-order valence-electron chi connectivity index (χ4n) is 2.45. The highest BCUT2D eigenvalue weighted by molar-refractivity contribution is 9.10. The third kappa shape index (κ3) is 4.05. The van der Waals surface area contributed by atoms with Crippen LogP contribution in [-0.2, 0) is 6.54 Å². The van der Waals surface area contributed by atoms with Gasteiger partial charge in [-0.05, 0) is 47.9 Å². The molecule has 1 atom stereocenters. The largest absolute Gasteiger partial charge is 0.315 e. The van der Waals surface area contributed by atoms with Crippen LogP contribution in [0.4, 0.5) is 0 Å². The van der Waals surface area contributed by atoms with E-state index in [1.165, 1.54) is 35.2 Å². The maximum atomic E-state index is 3.53. The summed E-state index contributed by atoms with van der Waals surface area (Å²) < 4.78 is 1.22. The van der Waals surface area contributed by atoms with Gasteiger partial charge in [0.15, 0.2) is 0 Å². The summed E-state index contributed by atoms with van der Waals surface area (Å²) in [5.41, 5.74) is 0. The molecule has 0 amide bonds. The molecule has 1 aromatic rings. The molecule has 0 spiro atoms. The third-order valence-electron chi connectivity index (χ3n) is 3.36. The summed E-state index contributed by atoms with van der Waals surface area (Å²) in [7, 11) is 0. The zero-order chi connectivity index (χ0) is 12.1. The summed E-state index contributed by atoms with van der Waals surface area (Å²) in [5.74, 6) is 0. The first kappa shape index (κ1) is 13.5. The number of nitrogens with zero attached hydrogens (tertiary/aromatic N) is 1. The van der Waals surface area contributed by atoms with Crippen molar-refractivity contribution in [3.8, 4) is 0 Å². The minimum Gasteiger partial charge on any atom is -0.315 e. The normalized spacial score (nSPS) is 21.9. The second-order valence-corrected chi connectivity index (χ2v) is 6.57. The Kier molecular flexibility index (Phi) is 5.48. The van der Waals surface area contributed by atoms with E-state index in [1.54, 1.807) is 0 Å². The lowest BCUT2D eigenvalue weighted by Crippen LogP contribution is -2.44. The van der Waals surface area contributed by atoms with Crippen molar-refractivity contribution in [1.29, 1.82) is 0 Å². The van der Waals surface area contributed by atoms with Crippen LogP contribution in [0.25, 0.3) is 0 Å². The summed E-state index contributed by atoms with van der Waals surface area (Å²) in [6.07, 6.45) is 4.09. The molecule has 0 aromatic carbocycles. The third-order valence-corrected chi connectivity index (χ3v) is 5.04. The number of piperidine rings is 1. The minimum absolute atomic E-state index is 0.726. The Morgan fingerprint density at radius 2 is 2.41 bits per heavy atom. The van der Waals surface area contributed by atoms with Crippen LogP contribution >= 0.6 is 27.3 Å². The molecule has 1 aliphatic heterocycles. The maximum Gasteiger partial charge on any atom is 0.0331 e. The molecule has 1 saturated heterocycles. The topological polar surface area (TPSA) is 15.3 Å². The average molecular weight is 317 g/mol. The Morgan fingerprint density at radius 1 is 1.53 bits per heavy atom. The molecular formula is C13H21BrN2S. The molecule has 1 fully saturated rings. The lowest BCUT2D eigenvalue weighted by Gasteiger charge is -2.35. The van der Waals surface area contributed by atoms with Crippen LogP contribution in [-0.4, -0.2) is 30.6 Å². The summed E-state index contributed by atoms with van der Waals surface area (Å²) in [6, 6.07) is 2.98. The van der Waals surface area contributed by atoms with E-state index in [0.717, 1.165) is 25.7 Å². The molecule has 0 radical (unpaired) electrons. The van der Waals surface area contributed by atoms with Gasteiger partial charge >= 0.3 is 0 Å². The SMILES string of the molecule is CCNCC1CCCCN1Cc1cc(Br)cs1. The van der Waals surface area contributed by atoms with E-state index in [2.05, 4.69) is 44.5 Å². The fourth-order valence-corrected chi connectivity index (χ4v) is 3.92. The molecule has 1 aromatic heterocycles. The van der Waals surface area contributed by atoms with Gasteiger partial charge in [0, 0.05) is 33.9 Å². The fraction of sp³-hybridized carbons (Fsp3) is 0.692. The van der Waals surface area contributed by atoms with E-state index in [-0.39, 0.29) is 0 Å². The van der Waals surface area contributed by atoms with E-state index < -0.39 is 0 Å². The maximum absolute atomic E-state index is 3.53. The molecule has 17 heavy (non-hydrogen) atoms. The Bertz CT molecular complexity index is 340. The number of likely N-dealkylation sites (N-methyl/N-ethyl adjacent to an activating group) is 1. The van der Waals surface area contributed by atoms with Gasteiger partial charge in [-0.3, -0.25) is 4.90 Å². The Hall–Kier alpha value is 0.1000. The molecule has 1 unspecified atom stereocenters. The van der Waals surface area contributed by atoms with Gasteiger partial charge in [-0.2, -0.15) is 0 Å². The number of rotatable bonds is 5. The lowest BCUT2D eigenvalue weighted by molar-refractivity contribution is 0.139. The van der Waals surface area contributed by atoms with Crippen molar-refractivity contribution < 1.29 is 0 Å². The van der Waals surface area contributed by atoms with Gasteiger partial charge in [0.1, 0.15) is 0 Å². The highest BCUT2D eigenvalue weighted by Gasteiger charge is 2.22. The first-order chi connectivity index (χ1) is 8.29. The van der Waals surface area contributed by atoms with E-state index in [9.17, 15) is 0 Å². The van der Waals surface area contributed by atoms with Crippen molar-refractivity contribution in [3.63, 3.8) is 0 Å². The highest BCUT2D eigenvalue weighted by atomic mass is 79.9. The van der Waals surface area contributed by atoms with Crippen molar-refractivity contribution in [2.45, 2.75) is 38.8 Å². The molecule has 0 saturated carbocycles. The van der Waals surface area contributed by atoms with Gasteiger partial charge < -0.3 is 5.32 Å². The molecule has 2 heterocycles. The summed E-state index contributed by atoms with van der Waals surface area (Å²) in [4.78, 5) is 4.12. The lowest BCUT2D eigenvalue weighted by atomic mass is 10.0. The molecule has 1 N–H and O–H groups in total. The van der Waals surface area contributed by atoms with Crippen LogP contribution in [0.15, 0.2) is 15.9 Å². The highest BCUT2D eigenvalue weighted by Crippen LogP contribution is 2.24. The zero-order valence-electron chi connectivity index (χ0n) is 10.4. The predicted octanol–water partition coefficient (Wildman–Crippen LogP) is 3.47. The van der Waals surface area contributed by atoms with Crippen molar-refractivity contribution in [2.24, 2.45) is 0 Å². The van der Waals surface area contributed by atoms with Crippen LogP contribution in [0, 0.1) is 0 Å². The Balaban J connectivity index is 1.91. The van der Waals surface area contributed by atoms with E-state index in [4.69, 9.17) is 0 Å². The van der Waals surface area contributed by atoms with E-state index in [1.807, 2.05) is 11.3 Å². The summed E-state index contributed by atoms with van der Waals surface area (Å²) >= 11 is 5.39. The number of nitrogens with one attached hydrogen (secondary N) is 1. The van der Waals surface area contributed by atoms with Crippen molar-refractivity contribution in [2.75, 3.05) is 19.6 Å². The van der Waals surface area contributed by atoms with Gasteiger partial charge in [-0.25, -0.2) is 0 Å². The summed E-state index contributed by atoms with van der Waals surface area (Å²) in [6.45, 7) is 6.78. The Labute approximate surface area is 117 Å². The molecular weight excluding hydrogens is 296 g/mol. The van der Waals surface area contributed by atoms with Crippen LogP contribution in [0.3, 0.4) is 0 Å². The monoisotopic (exact) mass is 316 g/mol. The van der Waals surface area contributed by atoms with Crippen molar-refractivity contribution in [3.05, 3.63) is 20.8 Å². The number of thiophene rings is 1. The van der Waals surface area contributed by atoms with Crippen LogP contribution in [0.2, 0.25) is 0 Å². The first-order valence-corrected chi connectivity index (χ1v) is 8.14. The van der Waals surface area contributed by atoms with Gasteiger partial charge in [0.2, 0.25) is 0 Å². The zero-order valence-corrected chi connectivity index (χ0v) is 12.8. The van der Waals surface area contributed by atoms with Gasteiger partial charge in [0.05, 0.1) is 0 Å². The molecule has 2 rings (SSSR count). The number of hydrogen-bond acceptors (Lipinski definition) is 3. The minimum atomic E-state index is 0.726. The average Bonchev–Trinajstić information content (AvgIpc) is 2.74. The van der Waals surface area contributed by atoms with Gasteiger partial charge in [-0.1, -0.05) is 13.3 Å². The Morgan fingerprint density at radius 3 is 3.12 bits per heavy atom. The van der Waals surface area contributed by atoms with E-state index in [0.29, 0.717) is 0 Å². The second-order valence-electron chi connectivity index (χ2n) is 4.66. The van der Waals surface area contributed by atoms with Crippen LogP contribution in [0.1, 0.15) is 31.1 Å². The molecule has 2 nitrogen and oxygen atoms in total. The molecule has 96 valence electrons. The van der Waals surface area contributed by atoms with Crippen molar-refractivity contribution in [1.82, 2.24) is 10.2 Å². The molecule has 4 heteroatoms. The number of likely N-dealkylation sites (tertiary alicyclic amines) is 1. The molecule has 0 bridgehead atoms. The predicted molar refractivity (Wildman–Crippen MR) is 78.6 cm³/mol.